The molecule has 1 atom stereocenters. The van der Waals surface area contributed by atoms with Gasteiger partial charge in [0.05, 0.1) is 5.56 Å². The van der Waals surface area contributed by atoms with Crippen LogP contribution in [0.5, 0.6) is 0 Å². The Kier molecular flexibility index (Phi) is 7.28. The molecular formula is C24H31N3O2. The van der Waals surface area contributed by atoms with E-state index in [1.165, 1.54) is 0 Å². The number of nitrogens with one attached hydrogen (secondary N) is 2. The van der Waals surface area contributed by atoms with E-state index in [0.717, 1.165) is 43.6 Å². The van der Waals surface area contributed by atoms with Gasteiger partial charge in [-0.1, -0.05) is 37.3 Å². The molecule has 0 saturated carbocycles. The lowest BCUT2D eigenvalue weighted by molar-refractivity contribution is -0.116. The highest BCUT2D eigenvalue weighted by Gasteiger charge is 2.21. The number of aryl methyl sites for hydroxylation is 1. The molecule has 2 N–H and O–H groups in total. The van der Waals surface area contributed by atoms with Crippen molar-refractivity contribution in [3.8, 4) is 0 Å². The van der Waals surface area contributed by atoms with Crippen molar-refractivity contribution in [1.82, 2.24) is 5.32 Å². The van der Waals surface area contributed by atoms with Crippen LogP contribution in [0.4, 0.5) is 11.4 Å². The van der Waals surface area contributed by atoms with Crippen molar-refractivity contribution in [2.75, 3.05) is 23.3 Å². The number of carbonyl (C=O) groups is 2. The molecule has 0 unspecified atom stereocenters. The predicted octanol–water partition coefficient (Wildman–Crippen LogP) is 4.39. The van der Waals surface area contributed by atoms with E-state index in [2.05, 4.69) is 22.5 Å². The normalized spacial score (nSPS) is 14.5. The lowest BCUT2D eigenvalue weighted by atomic mass is 10.1. The molecule has 2 amide bonds. The maximum Gasteiger partial charge on any atom is 0.253 e. The Bertz CT molecular complexity index is 829. The fourth-order valence-electron chi connectivity index (χ4n) is 3.56. The molecule has 1 aliphatic rings. The molecule has 29 heavy (non-hydrogen) atoms. The van der Waals surface area contributed by atoms with Gasteiger partial charge >= 0.3 is 0 Å². The minimum absolute atomic E-state index is 0.0453. The van der Waals surface area contributed by atoms with Crippen LogP contribution in [-0.4, -0.2) is 30.9 Å². The number of carbonyl (C=O) groups excluding carboxylic acids is 2. The van der Waals surface area contributed by atoms with Crippen LogP contribution in [0, 0.1) is 0 Å². The van der Waals surface area contributed by atoms with Gasteiger partial charge in [-0.05, 0) is 56.4 Å². The quantitative estimate of drug-likeness (QED) is 0.699. The maximum absolute atomic E-state index is 12.9. The monoisotopic (exact) mass is 393 g/mol. The fraction of sp³-hybridized carbons (Fsp3) is 0.417. The molecule has 0 spiro atoms. The van der Waals surface area contributed by atoms with E-state index >= 15 is 0 Å². The summed E-state index contributed by atoms with van der Waals surface area (Å²) in [5, 5.41) is 6.01. The molecule has 5 nitrogen and oxygen atoms in total. The summed E-state index contributed by atoms with van der Waals surface area (Å²) in [6.45, 7) is 5.98. The molecule has 1 fully saturated rings. The summed E-state index contributed by atoms with van der Waals surface area (Å²) in [6, 6.07) is 15.8. The first-order valence-corrected chi connectivity index (χ1v) is 10.6. The van der Waals surface area contributed by atoms with Crippen molar-refractivity contribution in [3.63, 3.8) is 0 Å². The summed E-state index contributed by atoms with van der Waals surface area (Å²) < 4.78 is 0. The Morgan fingerprint density at radius 1 is 1.07 bits per heavy atom. The third-order valence-electron chi connectivity index (χ3n) is 5.45. The Morgan fingerprint density at radius 3 is 2.48 bits per heavy atom. The summed E-state index contributed by atoms with van der Waals surface area (Å²) in [5.41, 5.74) is 3.39. The van der Waals surface area contributed by atoms with Crippen LogP contribution in [0.1, 0.15) is 55.5 Å². The Balaban J connectivity index is 1.72. The number of rotatable bonds is 8. The van der Waals surface area contributed by atoms with Crippen LogP contribution in [0.25, 0.3) is 0 Å². The second-order valence-electron chi connectivity index (χ2n) is 7.74. The molecule has 154 valence electrons. The zero-order valence-corrected chi connectivity index (χ0v) is 17.4. The van der Waals surface area contributed by atoms with Gasteiger partial charge in [-0.25, -0.2) is 0 Å². The second kappa shape index (κ2) is 10.1. The fourth-order valence-corrected chi connectivity index (χ4v) is 3.56. The topological polar surface area (TPSA) is 61.4 Å². The van der Waals surface area contributed by atoms with Crippen molar-refractivity contribution in [2.45, 2.75) is 52.0 Å². The van der Waals surface area contributed by atoms with Crippen LogP contribution in [-0.2, 0) is 11.2 Å². The number of amides is 2. The minimum atomic E-state index is -0.0818. The van der Waals surface area contributed by atoms with Crippen molar-refractivity contribution >= 4 is 23.2 Å². The smallest absolute Gasteiger partial charge is 0.253 e. The van der Waals surface area contributed by atoms with E-state index in [-0.39, 0.29) is 17.9 Å². The predicted molar refractivity (Wildman–Crippen MR) is 119 cm³/mol. The standard InChI is InChI=1S/C24H31N3O2/c1-3-18(2)25-24(29)21-17-20(12-13-22(21)27-15-7-8-16-27)26-23(28)14-11-19-9-5-4-6-10-19/h4-6,9-10,12-13,17-18H,3,7-8,11,14-16H2,1-2H3,(H,25,29)(H,26,28)/t18-/m0/s1. The van der Waals surface area contributed by atoms with E-state index in [1.807, 2.05) is 55.5 Å². The largest absolute Gasteiger partial charge is 0.371 e. The summed E-state index contributed by atoms with van der Waals surface area (Å²) >= 11 is 0. The summed E-state index contributed by atoms with van der Waals surface area (Å²) in [6.07, 6.45) is 4.27. The number of hydrogen-bond acceptors (Lipinski definition) is 3. The lowest BCUT2D eigenvalue weighted by Crippen LogP contribution is -2.33. The first-order chi connectivity index (χ1) is 14.1. The van der Waals surface area contributed by atoms with Crippen molar-refractivity contribution in [1.29, 1.82) is 0 Å². The van der Waals surface area contributed by atoms with Gasteiger partial charge in [-0.3, -0.25) is 9.59 Å². The number of hydrogen-bond donors (Lipinski definition) is 2. The molecule has 0 bridgehead atoms. The Labute approximate surface area is 173 Å². The van der Waals surface area contributed by atoms with Crippen molar-refractivity contribution in [2.24, 2.45) is 0 Å². The first kappa shape index (κ1) is 20.9. The molecule has 2 aromatic carbocycles. The van der Waals surface area contributed by atoms with Gasteiger partial charge in [0.1, 0.15) is 0 Å². The number of nitrogens with zero attached hydrogens (tertiary/aromatic N) is 1. The van der Waals surface area contributed by atoms with E-state index in [9.17, 15) is 9.59 Å². The van der Waals surface area contributed by atoms with Crippen LogP contribution in [0.3, 0.4) is 0 Å². The van der Waals surface area contributed by atoms with Gasteiger partial charge < -0.3 is 15.5 Å². The van der Waals surface area contributed by atoms with Gasteiger partial charge in [-0.2, -0.15) is 0 Å². The molecule has 0 radical (unpaired) electrons. The highest BCUT2D eigenvalue weighted by atomic mass is 16.2. The van der Waals surface area contributed by atoms with E-state index in [1.54, 1.807) is 0 Å². The molecule has 3 rings (SSSR count). The third kappa shape index (κ3) is 5.83. The number of anilines is 2. The molecule has 2 aromatic rings. The Morgan fingerprint density at radius 2 is 1.79 bits per heavy atom. The molecule has 0 aliphatic carbocycles. The van der Waals surface area contributed by atoms with Crippen LogP contribution in [0.2, 0.25) is 0 Å². The van der Waals surface area contributed by atoms with Gasteiger partial charge in [0.2, 0.25) is 5.91 Å². The van der Waals surface area contributed by atoms with Gasteiger partial charge in [0.25, 0.3) is 5.91 Å². The van der Waals surface area contributed by atoms with Crippen LogP contribution in [0.15, 0.2) is 48.5 Å². The average molecular weight is 394 g/mol. The van der Waals surface area contributed by atoms with Crippen molar-refractivity contribution < 1.29 is 9.59 Å². The zero-order chi connectivity index (χ0) is 20.6. The van der Waals surface area contributed by atoms with Crippen LogP contribution >= 0.6 is 0 Å². The van der Waals surface area contributed by atoms with Crippen molar-refractivity contribution in [3.05, 3.63) is 59.7 Å². The van der Waals surface area contributed by atoms with Gasteiger partial charge in [0, 0.05) is 36.9 Å². The lowest BCUT2D eigenvalue weighted by Gasteiger charge is -2.23. The highest BCUT2D eigenvalue weighted by molar-refractivity contribution is 6.02. The SMILES string of the molecule is CC[C@H](C)NC(=O)c1cc(NC(=O)CCc2ccccc2)ccc1N1CCCC1. The summed E-state index contributed by atoms with van der Waals surface area (Å²) in [7, 11) is 0. The minimum Gasteiger partial charge on any atom is -0.371 e. The molecule has 1 saturated heterocycles. The molecule has 5 heteroatoms. The van der Waals surface area contributed by atoms with Crippen LogP contribution < -0.4 is 15.5 Å². The maximum atomic E-state index is 12.9. The van der Waals surface area contributed by atoms with E-state index in [0.29, 0.717) is 24.1 Å². The summed E-state index contributed by atoms with van der Waals surface area (Å²) in [5.74, 6) is -0.127. The average Bonchev–Trinajstić information content (AvgIpc) is 3.27. The zero-order valence-electron chi connectivity index (χ0n) is 17.4. The summed E-state index contributed by atoms with van der Waals surface area (Å²) in [4.78, 5) is 27.6. The molecule has 1 heterocycles. The third-order valence-corrected chi connectivity index (χ3v) is 5.45. The highest BCUT2D eigenvalue weighted by Crippen LogP contribution is 2.28. The van der Waals surface area contributed by atoms with Gasteiger partial charge in [-0.15, -0.1) is 0 Å². The van der Waals surface area contributed by atoms with Gasteiger partial charge in [0.15, 0.2) is 0 Å². The molecule has 1 aliphatic heterocycles. The Hall–Kier alpha value is -2.82. The molecular weight excluding hydrogens is 362 g/mol. The number of benzene rings is 2. The van der Waals surface area contributed by atoms with E-state index < -0.39 is 0 Å². The van der Waals surface area contributed by atoms with E-state index in [4.69, 9.17) is 0 Å². The second-order valence-corrected chi connectivity index (χ2v) is 7.74. The molecule has 0 aromatic heterocycles. The first-order valence-electron chi connectivity index (χ1n) is 10.6.